The highest BCUT2D eigenvalue weighted by atomic mass is 79.9. The topological polar surface area (TPSA) is 60.7 Å². The fourth-order valence-electron chi connectivity index (χ4n) is 2.04. The zero-order valence-corrected chi connectivity index (χ0v) is 13.6. The summed E-state index contributed by atoms with van der Waals surface area (Å²) in [6, 6.07) is 1.90. The van der Waals surface area contributed by atoms with Crippen LogP contribution < -0.4 is 0 Å². The molecule has 0 saturated carbocycles. The van der Waals surface area contributed by atoms with Crippen molar-refractivity contribution in [1.82, 2.24) is 20.0 Å². The second kappa shape index (κ2) is 5.83. The van der Waals surface area contributed by atoms with Crippen molar-refractivity contribution >= 4 is 21.7 Å². The minimum Gasteiger partial charge on any atom is -0.287 e. The van der Waals surface area contributed by atoms with Gasteiger partial charge in [0.15, 0.2) is 0 Å². The Balaban J connectivity index is 2.57. The van der Waals surface area contributed by atoms with E-state index in [-0.39, 0.29) is 11.8 Å². The molecule has 0 radical (unpaired) electrons. The molecule has 0 fully saturated rings. The van der Waals surface area contributed by atoms with Gasteiger partial charge in [-0.1, -0.05) is 6.92 Å². The van der Waals surface area contributed by atoms with E-state index in [0.717, 1.165) is 5.69 Å². The molecular formula is C14H17BrN4O. The number of hydrogen-bond donors (Lipinski definition) is 0. The van der Waals surface area contributed by atoms with Crippen LogP contribution in [0.5, 0.6) is 0 Å². The lowest BCUT2D eigenvalue weighted by Crippen LogP contribution is -2.16. The first kappa shape index (κ1) is 14.8. The molecule has 20 heavy (non-hydrogen) atoms. The van der Waals surface area contributed by atoms with Gasteiger partial charge in [0.05, 0.1) is 22.1 Å². The number of aromatic nitrogens is 4. The fraction of sp³-hybridized carbons (Fsp3) is 0.429. The number of ketones is 1. The van der Waals surface area contributed by atoms with Crippen LogP contribution in [0.1, 0.15) is 54.3 Å². The van der Waals surface area contributed by atoms with Crippen molar-refractivity contribution in [2.75, 3.05) is 0 Å². The number of carbonyl (C=O) groups excluding carboxylic acids is 1. The maximum absolute atomic E-state index is 12.8. The number of rotatable bonds is 4. The van der Waals surface area contributed by atoms with E-state index in [1.54, 1.807) is 16.9 Å². The van der Waals surface area contributed by atoms with E-state index in [1.807, 2.05) is 27.7 Å². The molecule has 0 aliphatic heterocycles. The molecule has 0 saturated heterocycles. The Morgan fingerprint density at radius 3 is 2.70 bits per heavy atom. The summed E-state index contributed by atoms with van der Waals surface area (Å²) in [6.45, 7) is 7.78. The Kier molecular flexibility index (Phi) is 4.32. The van der Waals surface area contributed by atoms with Gasteiger partial charge in [-0.2, -0.15) is 15.3 Å². The van der Waals surface area contributed by atoms with Crippen LogP contribution in [0.25, 0.3) is 0 Å². The van der Waals surface area contributed by atoms with Gasteiger partial charge in [0.25, 0.3) is 0 Å². The molecule has 6 heteroatoms. The second-order valence-electron chi connectivity index (χ2n) is 4.91. The third-order valence-corrected chi connectivity index (χ3v) is 3.61. The average molecular weight is 337 g/mol. The summed E-state index contributed by atoms with van der Waals surface area (Å²) < 4.78 is 2.43. The van der Waals surface area contributed by atoms with Crippen molar-refractivity contribution in [1.29, 1.82) is 0 Å². The number of hydrogen-bond acceptors (Lipinski definition) is 4. The molecule has 0 aliphatic carbocycles. The normalized spacial score (nSPS) is 11.1. The van der Waals surface area contributed by atoms with E-state index < -0.39 is 0 Å². The van der Waals surface area contributed by atoms with E-state index in [2.05, 4.69) is 31.2 Å². The first-order valence-corrected chi connectivity index (χ1v) is 7.35. The quantitative estimate of drug-likeness (QED) is 0.805. The summed E-state index contributed by atoms with van der Waals surface area (Å²) in [5, 5.41) is 12.4. The number of halogens is 1. The van der Waals surface area contributed by atoms with E-state index in [1.165, 1.54) is 0 Å². The van der Waals surface area contributed by atoms with Gasteiger partial charge in [0.1, 0.15) is 5.69 Å². The SMILES string of the molecule is CCc1nnc(C)cc1C(=O)c1c(Br)cnn1C(C)C. The summed E-state index contributed by atoms with van der Waals surface area (Å²) in [7, 11) is 0. The van der Waals surface area contributed by atoms with Crippen molar-refractivity contribution in [3.8, 4) is 0 Å². The van der Waals surface area contributed by atoms with Crippen LogP contribution in [-0.2, 0) is 6.42 Å². The Morgan fingerprint density at radius 1 is 1.40 bits per heavy atom. The molecule has 0 aliphatic rings. The Hall–Kier alpha value is -1.56. The van der Waals surface area contributed by atoms with Gasteiger partial charge in [-0.15, -0.1) is 0 Å². The highest BCUT2D eigenvalue weighted by Gasteiger charge is 2.23. The lowest BCUT2D eigenvalue weighted by molar-refractivity contribution is 0.102. The fourth-order valence-corrected chi connectivity index (χ4v) is 2.50. The Bertz CT molecular complexity index is 649. The third-order valence-electron chi connectivity index (χ3n) is 3.03. The van der Waals surface area contributed by atoms with Crippen molar-refractivity contribution in [3.63, 3.8) is 0 Å². The molecule has 2 aromatic rings. The maximum Gasteiger partial charge on any atom is 0.214 e. The molecule has 2 heterocycles. The molecule has 0 bridgehead atoms. The molecule has 0 atom stereocenters. The zero-order valence-electron chi connectivity index (χ0n) is 12.0. The van der Waals surface area contributed by atoms with Gasteiger partial charge < -0.3 is 0 Å². The van der Waals surface area contributed by atoms with Crippen molar-refractivity contribution in [3.05, 3.63) is 39.4 Å². The summed E-state index contributed by atoms with van der Waals surface area (Å²) >= 11 is 3.41. The predicted octanol–water partition coefficient (Wildman–Crippen LogP) is 3.12. The molecule has 0 spiro atoms. The third kappa shape index (κ3) is 2.65. The van der Waals surface area contributed by atoms with Crippen molar-refractivity contribution < 1.29 is 4.79 Å². The highest BCUT2D eigenvalue weighted by Crippen LogP contribution is 2.24. The Labute approximate surface area is 126 Å². The van der Waals surface area contributed by atoms with E-state index >= 15 is 0 Å². The van der Waals surface area contributed by atoms with Crippen LogP contribution >= 0.6 is 15.9 Å². The van der Waals surface area contributed by atoms with Crippen LogP contribution in [0.4, 0.5) is 0 Å². The summed E-state index contributed by atoms with van der Waals surface area (Å²) in [6.07, 6.45) is 2.32. The minimum atomic E-state index is -0.0714. The standard InChI is InChI=1S/C14H17BrN4O/c1-5-12-10(6-9(4)17-18-12)14(20)13-11(15)7-16-19(13)8(2)3/h6-8H,5H2,1-4H3. The molecule has 106 valence electrons. The first-order chi connectivity index (χ1) is 9.45. The molecular weight excluding hydrogens is 320 g/mol. The van der Waals surface area contributed by atoms with Crippen LogP contribution in [0, 0.1) is 6.92 Å². The molecule has 2 rings (SSSR count). The Morgan fingerprint density at radius 2 is 2.10 bits per heavy atom. The number of aryl methyl sites for hydroxylation is 2. The van der Waals surface area contributed by atoms with Gasteiger partial charge in [-0.3, -0.25) is 9.48 Å². The lowest BCUT2D eigenvalue weighted by atomic mass is 10.0. The summed E-state index contributed by atoms with van der Waals surface area (Å²) in [4.78, 5) is 12.8. The second-order valence-corrected chi connectivity index (χ2v) is 5.76. The molecule has 0 N–H and O–H groups in total. The number of carbonyl (C=O) groups is 1. The van der Waals surface area contributed by atoms with Crippen molar-refractivity contribution in [2.45, 2.75) is 40.2 Å². The summed E-state index contributed by atoms with van der Waals surface area (Å²) in [5.74, 6) is -0.0714. The largest absolute Gasteiger partial charge is 0.287 e. The first-order valence-electron chi connectivity index (χ1n) is 6.56. The molecule has 5 nitrogen and oxygen atoms in total. The highest BCUT2D eigenvalue weighted by molar-refractivity contribution is 9.10. The van der Waals surface area contributed by atoms with Crippen molar-refractivity contribution in [2.24, 2.45) is 0 Å². The minimum absolute atomic E-state index is 0.0714. The van der Waals surface area contributed by atoms with Crippen LogP contribution in [0.3, 0.4) is 0 Å². The summed E-state index contributed by atoms with van der Waals surface area (Å²) in [5.41, 5.74) is 2.60. The van der Waals surface area contributed by atoms with Gasteiger partial charge in [0.2, 0.25) is 5.78 Å². The zero-order chi connectivity index (χ0) is 14.9. The molecule has 0 amide bonds. The monoisotopic (exact) mass is 336 g/mol. The number of nitrogens with zero attached hydrogens (tertiary/aromatic N) is 4. The smallest absolute Gasteiger partial charge is 0.214 e. The van der Waals surface area contributed by atoms with E-state index in [9.17, 15) is 4.79 Å². The molecule has 0 aromatic carbocycles. The predicted molar refractivity (Wildman–Crippen MR) is 79.9 cm³/mol. The van der Waals surface area contributed by atoms with Gasteiger partial charge in [0, 0.05) is 11.6 Å². The lowest BCUT2D eigenvalue weighted by Gasteiger charge is -2.12. The van der Waals surface area contributed by atoms with Crippen LogP contribution in [0.2, 0.25) is 0 Å². The molecule has 2 aromatic heterocycles. The van der Waals surface area contributed by atoms with E-state index in [4.69, 9.17) is 0 Å². The maximum atomic E-state index is 12.8. The molecule has 0 unspecified atom stereocenters. The van der Waals surface area contributed by atoms with E-state index in [0.29, 0.717) is 27.8 Å². The van der Waals surface area contributed by atoms with Gasteiger partial charge in [-0.25, -0.2) is 0 Å². The van der Waals surface area contributed by atoms with Crippen LogP contribution in [0.15, 0.2) is 16.7 Å². The van der Waals surface area contributed by atoms with Gasteiger partial charge >= 0.3 is 0 Å². The van der Waals surface area contributed by atoms with Gasteiger partial charge in [-0.05, 0) is 49.2 Å². The van der Waals surface area contributed by atoms with Crippen LogP contribution in [-0.4, -0.2) is 25.8 Å². The average Bonchev–Trinajstić information content (AvgIpc) is 2.80.